The normalized spacial score (nSPS) is 13.6. The summed E-state index contributed by atoms with van der Waals surface area (Å²) in [5.41, 5.74) is 0.808. The second kappa shape index (κ2) is 5.23. The van der Waals surface area contributed by atoms with Crippen molar-refractivity contribution >= 4 is 0 Å². The van der Waals surface area contributed by atoms with Gasteiger partial charge in [0.25, 0.3) is 0 Å². The number of aliphatic hydroxyl groups is 2. The predicted octanol–water partition coefficient (Wildman–Crippen LogP) is 0.946. The van der Waals surface area contributed by atoms with Gasteiger partial charge in [-0.1, -0.05) is 36.1 Å². The number of benzene rings is 1. The highest BCUT2D eigenvalue weighted by Crippen LogP contribution is 1.97. The first-order valence-corrected chi connectivity index (χ1v) is 4.29. The van der Waals surface area contributed by atoms with Crippen LogP contribution in [-0.2, 0) is 0 Å². The van der Waals surface area contributed by atoms with E-state index in [0.29, 0.717) is 0 Å². The van der Waals surface area contributed by atoms with Gasteiger partial charge in [0.1, 0.15) is 12.2 Å². The minimum absolute atomic E-state index is 0.808. The van der Waals surface area contributed by atoms with Crippen molar-refractivity contribution in [1.82, 2.24) is 0 Å². The molecule has 72 valence electrons. The molecule has 0 aromatic heterocycles. The molecule has 0 amide bonds. The van der Waals surface area contributed by atoms with Crippen molar-refractivity contribution in [3.8, 4) is 11.8 Å². The minimum Gasteiger partial charge on any atom is -0.385 e. The maximum absolute atomic E-state index is 9.28. The molecule has 0 aliphatic carbocycles. The van der Waals surface area contributed by atoms with E-state index in [1.165, 1.54) is 6.08 Å². The first-order valence-electron chi connectivity index (χ1n) is 4.29. The van der Waals surface area contributed by atoms with Gasteiger partial charge in [-0.25, -0.2) is 0 Å². The molecule has 14 heavy (non-hydrogen) atoms. The molecule has 0 saturated carbocycles. The minimum atomic E-state index is -1.08. The Morgan fingerprint density at radius 2 is 1.86 bits per heavy atom. The lowest BCUT2D eigenvalue weighted by atomic mass is 10.2. The first-order chi connectivity index (χ1) is 6.74. The monoisotopic (exact) mass is 188 g/mol. The quantitative estimate of drug-likeness (QED) is 0.536. The Balaban J connectivity index is 2.69. The molecule has 2 heteroatoms. The lowest BCUT2D eigenvalue weighted by Crippen LogP contribution is -2.21. The molecule has 2 atom stereocenters. The molecule has 2 unspecified atom stereocenters. The van der Waals surface area contributed by atoms with E-state index in [0.717, 1.165) is 5.56 Å². The fourth-order valence-electron chi connectivity index (χ4n) is 0.893. The highest BCUT2D eigenvalue weighted by molar-refractivity contribution is 5.34. The maximum atomic E-state index is 9.28. The third-order valence-corrected chi connectivity index (χ3v) is 1.70. The highest BCUT2D eigenvalue weighted by Gasteiger charge is 2.07. The molecule has 2 nitrogen and oxygen atoms in total. The van der Waals surface area contributed by atoms with Crippen molar-refractivity contribution in [3.63, 3.8) is 0 Å². The van der Waals surface area contributed by atoms with Gasteiger partial charge in [-0.2, -0.15) is 0 Å². The van der Waals surface area contributed by atoms with E-state index in [4.69, 9.17) is 5.11 Å². The number of rotatable bonds is 2. The lowest BCUT2D eigenvalue weighted by Gasteiger charge is -2.05. The van der Waals surface area contributed by atoms with Gasteiger partial charge in [-0.3, -0.25) is 0 Å². The SMILES string of the molecule is C=CC(O)C(O)C#Cc1ccccc1. The molecule has 0 aliphatic rings. The number of aliphatic hydroxyl groups excluding tert-OH is 2. The second-order valence-corrected chi connectivity index (χ2v) is 2.81. The molecule has 0 heterocycles. The van der Waals surface area contributed by atoms with Gasteiger partial charge in [0, 0.05) is 5.56 Å². The molecule has 1 aromatic rings. The molecule has 0 bridgehead atoms. The highest BCUT2D eigenvalue weighted by atomic mass is 16.3. The Morgan fingerprint density at radius 1 is 1.21 bits per heavy atom. The topological polar surface area (TPSA) is 40.5 Å². The fraction of sp³-hybridized carbons (Fsp3) is 0.167. The zero-order valence-electron chi connectivity index (χ0n) is 7.72. The molecule has 0 saturated heterocycles. The van der Waals surface area contributed by atoms with Crippen LogP contribution in [0.1, 0.15) is 5.56 Å². The second-order valence-electron chi connectivity index (χ2n) is 2.81. The summed E-state index contributed by atoms with van der Waals surface area (Å²) in [7, 11) is 0. The van der Waals surface area contributed by atoms with E-state index in [-0.39, 0.29) is 0 Å². The van der Waals surface area contributed by atoms with Crippen LogP contribution >= 0.6 is 0 Å². The number of hydrogen-bond donors (Lipinski definition) is 2. The number of hydrogen-bond acceptors (Lipinski definition) is 2. The van der Waals surface area contributed by atoms with Crippen LogP contribution in [0.15, 0.2) is 43.0 Å². The standard InChI is InChI=1S/C12H12O2/c1-2-11(13)12(14)9-8-10-6-4-3-5-7-10/h2-7,11-14H,1H2. The average Bonchev–Trinajstić information content (AvgIpc) is 2.26. The summed E-state index contributed by atoms with van der Waals surface area (Å²) in [6.45, 7) is 3.36. The summed E-state index contributed by atoms with van der Waals surface area (Å²) in [6, 6.07) is 9.28. The van der Waals surface area contributed by atoms with Gasteiger partial charge in [0.15, 0.2) is 0 Å². The summed E-state index contributed by atoms with van der Waals surface area (Å²) in [5.74, 6) is 5.29. The van der Waals surface area contributed by atoms with E-state index in [2.05, 4.69) is 18.4 Å². The third-order valence-electron chi connectivity index (χ3n) is 1.70. The van der Waals surface area contributed by atoms with E-state index in [1.54, 1.807) is 0 Å². The Hall–Kier alpha value is -1.56. The van der Waals surface area contributed by atoms with Gasteiger partial charge >= 0.3 is 0 Å². The molecule has 1 rings (SSSR count). The van der Waals surface area contributed by atoms with Crippen molar-refractivity contribution in [3.05, 3.63) is 48.6 Å². The molecular weight excluding hydrogens is 176 g/mol. The van der Waals surface area contributed by atoms with Crippen molar-refractivity contribution in [2.75, 3.05) is 0 Å². The Morgan fingerprint density at radius 3 is 2.43 bits per heavy atom. The van der Waals surface area contributed by atoms with Crippen molar-refractivity contribution in [1.29, 1.82) is 0 Å². The summed E-state index contributed by atoms with van der Waals surface area (Å²) < 4.78 is 0. The third kappa shape index (κ3) is 3.06. The largest absolute Gasteiger partial charge is 0.385 e. The molecule has 2 N–H and O–H groups in total. The molecule has 0 radical (unpaired) electrons. The van der Waals surface area contributed by atoms with Crippen LogP contribution in [0.25, 0.3) is 0 Å². The van der Waals surface area contributed by atoms with Crippen molar-refractivity contribution < 1.29 is 10.2 Å². The van der Waals surface area contributed by atoms with Crippen LogP contribution in [-0.4, -0.2) is 22.4 Å². The maximum Gasteiger partial charge on any atom is 0.144 e. The van der Waals surface area contributed by atoms with Crippen molar-refractivity contribution in [2.45, 2.75) is 12.2 Å². The van der Waals surface area contributed by atoms with E-state index in [1.807, 2.05) is 30.3 Å². The van der Waals surface area contributed by atoms with Gasteiger partial charge in [0.05, 0.1) is 0 Å². The first kappa shape index (κ1) is 10.5. The van der Waals surface area contributed by atoms with Gasteiger partial charge in [-0.15, -0.1) is 6.58 Å². The van der Waals surface area contributed by atoms with Gasteiger partial charge < -0.3 is 10.2 Å². The zero-order chi connectivity index (χ0) is 10.4. The van der Waals surface area contributed by atoms with Crippen LogP contribution in [0.5, 0.6) is 0 Å². The van der Waals surface area contributed by atoms with Gasteiger partial charge in [0.2, 0.25) is 0 Å². The van der Waals surface area contributed by atoms with E-state index < -0.39 is 12.2 Å². The van der Waals surface area contributed by atoms with Crippen LogP contribution in [0.3, 0.4) is 0 Å². The van der Waals surface area contributed by atoms with Crippen LogP contribution in [0, 0.1) is 11.8 Å². The Bertz CT molecular complexity index is 346. The van der Waals surface area contributed by atoms with Crippen molar-refractivity contribution in [2.24, 2.45) is 0 Å². The molecule has 0 fully saturated rings. The summed E-state index contributed by atoms with van der Waals surface area (Å²) >= 11 is 0. The van der Waals surface area contributed by atoms with Gasteiger partial charge in [-0.05, 0) is 12.1 Å². The smallest absolute Gasteiger partial charge is 0.144 e. The predicted molar refractivity (Wildman–Crippen MR) is 55.5 cm³/mol. The fourth-order valence-corrected chi connectivity index (χ4v) is 0.893. The zero-order valence-corrected chi connectivity index (χ0v) is 7.72. The summed E-state index contributed by atoms with van der Waals surface area (Å²) in [5, 5.41) is 18.4. The molecule has 0 aliphatic heterocycles. The van der Waals surface area contributed by atoms with Crippen LogP contribution in [0.4, 0.5) is 0 Å². The van der Waals surface area contributed by atoms with Crippen LogP contribution < -0.4 is 0 Å². The average molecular weight is 188 g/mol. The summed E-state index contributed by atoms with van der Waals surface area (Å²) in [6.07, 6.45) is -0.816. The van der Waals surface area contributed by atoms with Crippen LogP contribution in [0.2, 0.25) is 0 Å². The molecule has 0 spiro atoms. The molecule has 1 aromatic carbocycles. The summed E-state index contributed by atoms with van der Waals surface area (Å²) in [4.78, 5) is 0. The Kier molecular flexibility index (Phi) is 3.93. The molecular formula is C12H12O2. The van der Waals surface area contributed by atoms with E-state index in [9.17, 15) is 5.11 Å². The lowest BCUT2D eigenvalue weighted by molar-refractivity contribution is 0.0872. The Labute approximate surface area is 83.5 Å². The van der Waals surface area contributed by atoms with E-state index >= 15 is 0 Å².